The molecule has 0 unspecified atom stereocenters. The lowest BCUT2D eigenvalue weighted by atomic mass is 10.0. The van der Waals surface area contributed by atoms with E-state index in [1.807, 2.05) is 51.1 Å². The molecule has 46 heavy (non-hydrogen) atoms. The van der Waals surface area contributed by atoms with E-state index in [1.165, 1.54) is 59.5 Å². The zero-order valence-corrected chi connectivity index (χ0v) is 28.1. The van der Waals surface area contributed by atoms with Crippen LogP contribution in [0.2, 0.25) is 10.0 Å². The summed E-state index contributed by atoms with van der Waals surface area (Å²) in [5.74, 6) is -1.35. The van der Waals surface area contributed by atoms with Gasteiger partial charge < -0.3 is 10.2 Å². The molecule has 2 amide bonds. The van der Waals surface area contributed by atoms with Gasteiger partial charge in [0.25, 0.3) is 10.0 Å². The second kappa shape index (κ2) is 15.6. The molecule has 4 rings (SSSR count). The van der Waals surface area contributed by atoms with Crippen molar-refractivity contribution in [1.29, 1.82) is 0 Å². The summed E-state index contributed by atoms with van der Waals surface area (Å²) >= 11 is 12.5. The lowest BCUT2D eigenvalue weighted by Gasteiger charge is -2.34. The van der Waals surface area contributed by atoms with Crippen LogP contribution in [0.25, 0.3) is 0 Å². The van der Waals surface area contributed by atoms with E-state index >= 15 is 0 Å². The first-order valence-electron chi connectivity index (χ1n) is 14.7. The Kier molecular flexibility index (Phi) is 11.8. The summed E-state index contributed by atoms with van der Waals surface area (Å²) in [6.07, 6.45) is 0.162. The predicted octanol–water partition coefficient (Wildman–Crippen LogP) is 7.05. The summed E-state index contributed by atoms with van der Waals surface area (Å²) in [4.78, 5) is 29.6. The van der Waals surface area contributed by atoms with Crippen molar-refractivity contribution >= 4 is 50.7 Å². The van der Waals surface area contributed by atoms with Gasteiger partial charge in [0.15, 0.2) is 0 Å². The molecule has 4 aromatic rings. The Morgan fingerprint density at radius 2 is 1.50 bits per heavy atom. The number of aryl methyl sites for hydroxylation is 1. The van der Waals surface area contributed by atoms with Crippen LogP contribution in [0.15, 0.2) is 102 Å². The highest BCUT2D eigenvalue weighted by Gasteiger charge is 2.35. The average molecular weight is 685 g/mol. The molecule has 0 aliphatic carbocycles. The van der Waals surface area contributed by atoms with Crippen LogP contribution >= 0.6 is 23.2 Å². The Morgan fingerprint density at radius 1 is 0.848 bits per heavy atom. The Hall–Kier alpha value is -3.92. The summed E-state index contributed by atoms with van der Waals surface area (Å²) in [7, 11) is -4.30. The number of carbonyl (C=O) groups is 2. The highest BCUT2D eigenvalue weighted by molar-refractivity contribution is 7.92. The van der Waals surface area contributed by atoms with Crippen LogP contribution < -0.4 is 9.62 Å². The Bertz CT molecular complexity index is 1750. The fourth-order valence-corrected chi connectivity index (χ4v) is 6.47. The highest BCUT2D eigenvalue weighted by Crippen LogP contribution is 2.31. The number of anilines is 1. The fourth-order valence-electron chi connectivity index (χ4n) is 4.77. The topological polar surface area (TPSA) is 86.8 Å². The number of carbonyl (C=O) groups excluding carboxylic acids is 2. The van der Waals surface area contributed by atoms with Gasteiger partial charge in [-0.3, -0.25) is 13.9 Å². The van der Waals surface area contributed by atoms with E-state index < -0.39 is 40.2 Å². The number of sulfonamides is 1. The van der Waals surface area contributed by atoms with E-state index in [4.69, 9.17) is 23.2 Å². The van der Waals surface area contributed by atoms with Crippen molar-refractivity contribution in [3.63, 3.8) is 0 Å². The molecule has 0 aliphatic rings. The van der Waals surface area contributed by atoms with Crippen LogP contribution in [0.4, 0.5) is 10.1 Å². The first-order valence-corrected chi connectivity index (χ1v) is 16.9. The smallest absolute Gasteiger partial charge is 0.264 e. The molecule has 1 atom stereocenters. The minimum atomic E-state index is -4.30. The summed E-state index contributed by atoms with van der Waals surface area (Å²) in [6.45, 7) is 5.39. The lowest BCUT2D eigenvalue weighted by molar-refractivity contribution is -0.140. The molecule has 7 nitrogen and oxygen atoms in total. The van der Waals surface area contributed by atoms with Crippen LogP contribution in [-0.4, -0.2) is 44.3 Å². The maximum absolute atomic E-state index is 14.5. The predicted molar refractivity (Wildman–Crippen MR) is 181 cm³/mol. The first-order chi connectivity index (χ1) is 21.8. The van der Waals surface area contributed by atoms with Crippen LogP contribution in [-0.2, 0) is 32.6 Å². The number of halogens is 3. The van der Waals surface area contributed by atoms with Crippen molar-refractivity contribution in [2.45, 2.75) is 44.7 Å². The Morgan fingerprint density at radius 3 is 2.11 bits per heavy atom. The molecule has 0 fully saturated rings. The quantitative estimate of drug-likeness (QED) is 0.164. The second-order valence-corrected chi connectivity index (χ2v) is 14.1. The lowest BCUT2D eigenvalue weighted by Crippen LogP contribution is -2.53. The van der Waals surface area contributed by atoms with Gasteiger partial charge in [0.2, 0.25) is 11.8 Å². The van der Waals surface area contributed by atoms with Crippen molar-refractivity contribution in [3.05, 3.63) is 130 Å². The third kappa shape index (κ3) is 9.09. The summed E-state index contributed by atoms with van der Waals surface area (Å²) in [5, 5.41) is 3.26. The summed E-state index contributed by atoms with van der Waals surface area (Å²) < 4.78 is 43.0. The van der Waals surface area contributed by atoms with Gasteiger partial charge in [0.1, 0.15) is 18.4 Å². The summed E-state index contributed by atoms with van der Waals surface area (Å²) in [5.41, 5.74) is 2.34. The molecule has 242 valence electrons. The van der Waals surface area contributed by atoms with Gasteiger partial charge in [0.05, 0.1) is 20.6 Å². The molecule has 0 heterocycles. The molecule has 11 heteroatoms. The number of amides is 2. The van der Waals surface area contributed by atoms with Crippen LogP contribution in [0.5, 0.6) is 0 Å². The third-order valence-corrected chi connectivity index (χ3v) is 9.83. The van der Waals surface area contributed by atoms with E-state index in [0.29, 0.717) is 12.1 Å². The molecule has 0 saturated carbocycles. The minimum Gasteiger partial charge on any atom is -0.354 e. The van der Waals surface area contributed by atoms with E-state index in [9.17, 15) is 22.4 Å². The second-order valence-electron chi connectivity index (χ2n) is 11.4. The SMILES string of the molecule is Cc1ccc(S(=O)(=O)N(CC(=O)N(Cc2ccc(F)cc2)[C@@H](Cc2ccccc2)C(=O)NCC(C)C)c2ccc(Cl)c(Cl)c2)cc1. The van der Waals surface area contributed by atoms with E-state index in [2.05, 4.69) is 5.32 Å². The highest BCUT2D eigenvalue weighted by atomic mass is 35.5. The van der Waals surface area contributed by atoms with Gasteiger partial charge in [-0.1, -0.05) is 97.2 Å². The Balaban J connectivity index is 1.81. The number of nitrogens with one attached hydrogen (secondary N) is 1. The molecule has 0 bridgehead atoms. The molecule has 0 radical (unpaired) electrons. The van der Waals surface area contributed by atoms with Crippen LogP contribution in [0.3, 0.4) is 0 Å². The number of hydrogen-bond donors (Lipinski definition) is 1. The largest absolute Gasteiger partial charge is 0.354 e. The van der Waals surface area contributed by atoms with Crippen LogP contribution in [0.1, 0.15) is 30.5 Å². The molecule has 0 spiro atoms. The standard InChI is InChI=1S/C35H36Cl2FN3O4S/c1-24(2)21-39-35(43)33(19-26-7-5-4-6-8-26)40(22-27-11-13-28(38)14-12-27)34(42)23-41(29-15-18-31(36)32(37)20-29)46(44,45)30-16-9-25(3)10-17-30/h4-18,20,24,33H,19,21-23H2,1-3H3,(H,39,43)/t33-/m0/s1. The van der Waals surface area contributed by atoms with Crippen molar-refractivity contribution in [3.8, 4) is 0 Å². The first kappa shape index (κ1) is 34.9. The van der Waals surface area contributed by atoms with E-state index in [1.54, 1.807) is 12.1 Å². The van der Waals surface area contributed by atoms with Gasteiger partial charge >= 0.3 is 0 Å². The van der Waals surface area contributed by atoms with Gasteiger partial charge in [-0.2, -0.15) is 0 Å². The maximum Gasteiger partial charge on any atom is 0.264 e. The normalized spacial score (nSPS) is 12.1. The van der Waals surface area contributed by atoms with E-state index in [-0.39, 0.29) is 39.5 Å². The number of rotatable bonds is 13. The molecule has 0 saturated heterocycles. The van der Waals surface area contributed by atoms with Crippen molar-refractivity contribution in [2.75, 3.05) is 17.4 Å². The molecule has 0 aromatic heterocycles. The molecular formula is C35H36Cl2FN3O4S. The Labute approximate surface area is 280 Å². The van der Waals surface area contributed by atoms with E-state index in [0.717, 1.165) is 15.4 Å². The monoisotopic (exact) mass is 683 g/mol. The maximum atomic E-state index is 14.5. The van der Waals surface area contributed by atoms with Crippen molar-refractivity contribution < 1.29 is 22.4 Å². The van der Waals surface area contributed by atoms with Gasteiger partial charge in [-0.05, 0) is 66.4 Å². The van der Waals surface area contributed by atoms with Gasteiger partial charge in [-0.25, -0.2) is 12.8 Å². The van der Waals surface area contributed by atoms with Crippen molar-refractivity contribution in [1.82, 2.24) is 10.2 Å². The molecule has 1 N–H and O–H groups in total. The van der Waals surface area contributed by atoms with Crippen molar-refractivity contribution in [2.24, 2.45) is 5.92 Å². The van der Waals surface area contributed by atoms with Gasteiger partial charge in [0, 0.05) is 19.5 Å². The zero-order valence-electron chi connectivity index (χ0n) is 25.8. The van der Waals surface area contributed by atoms with Crippen LogP contribution in [0, 0.1) is 18.7 Å². The molecule has 4 aromatic carbocycles. The van der Waals surface area contributed by atoms with Gasteiger partial charge in [-0.15, -0.1) is 0 Å². The zero-order chi connectivity index (χ0) is 33.4. The molecule has 0 aliphatic heterocycles. The number of benzene rings is 4. The fraction of sp³-hybridized carbons (Fsp3) is 0.257. The summed E-state index contributed by atoms with van der Waals surface area (Å²) in [6, 6.07) is 24.4. The number of nitrogens with zero attached hydrogens (tertiary/aromatic N) is 2. The minimum absolute atomic E-state index is 0.0300. The average Bonchev–Trinajstić information content (AvgIpc) is 3.03. The molecular weight excluding hydrogens is 648 g/mol. The third-order valence-electron chi connectivity index (χ3n) is 7.30. The number of hydrogen-bond acceptors (Lipinski definition) is 4.